The Balaban J connectivity index is 1.74. The number of rotatable bonds is 2. The Morgan fingerprint density at radius 2 is 2.00 bits per heavy atom. The van der Waals surface area contributed by atoms with Gasteiger partial charge in [-0.2, -0.15) is 0 Å². The Labute approximate surface area is 119 Å². The number of amides is 1. The van der Waals surface area contributed by atoms with Gasteiger partial charge in [0.25, 0.3) is 0 Å². The summed E-state index contributed by atoms with van der Waals surface area (Å²) < 4.78 is 26.6. The summed E-state index contributed by atoms with van der Waals surface area (Å²) in [6.45, 7) is 0. The second-order valence-corrected chi connectivity index (χ2v) is 5.78. The molecular formula is C15H11F2NOS. The van der Waals surface area contributed by atoms with Crippen molar-refractivity contribution in [3.8, 4) is 0 Å². The van der Waals surface area contributed by atoms with Gasteiger partial charge in [-0.15, -0.1) is 11.8 Å². The minimum Gasteiger partial charge on any atom is -0.323 e. The van der Waals surface area contributed by atoms with Crippen LogP contribution in [0.1, 0.15) is 5.56 Å². The number of halogens is 2. The summed E-state index contributed by atoms with van der Waals surface area (Å²) in [6.07, 6.45) is 0.601. The number of carbonyl (C=O) groups is 1. The molecule has 2 nitrogen and oxygen atoms in total. The molecule has 1 aliphatic rings. The van der Waals surface area contributed by atoms with E-state index in [9.17, 15) is 13.6 Å². The minimum atomic E-state index is -0.639. The molecule has 102 valence electrons. The van der Waals surface area contributed by atoms with Crippen LogP contribution in [0.2, 0.25) is 0 Å². The number of hydrogen-bond acceptors (Lipinski definition) is 2. The fourth-order valence-electron chi connectivity index (χ4n) is 2.13. The Morgan fingerprint density at radius 3 is 2.80 bits per heavy atom. The largest absolute Gasteiger partial charge is 0.323 e. The van der Waals surface area contributed by atoms with E-state index in [2.05, 4.69) is 5.32 Å². The van der Waals surface area contributed by atoms with Gasteiger partial charge in [0, 0.05) is 11.0 Å². The molecule has 0 spiro atoms. The first kappa shape index (κ1) is 13.1. The summed E-state index contributed by atoms with van der Waals surface area (Å²) in [6, 6.07) is 10.8. The number of benzene rings is 2. The van der Waals surface area contributed by atoms with Crippen LogP contribution in [0.5, 0.6) is 0 Å². The van der Waals surface area contributed by atoms with Crippen molar-refractivity contribution >= 4 is 23.4 Å². The molecule has 2 aromatic rings. The molecular weight excluding hydrogens is 280 g/mol. The number of anilines is 1. The summed E-state index contributed by atoms with van der Waals surface area (Å²) in [7, 11) is 0. The van der Waals surface area contributed by atoms with E-state index in [0.29, 0.717) is 6.42 Å². The average Bonchev–Trinajstić information content (AvgIpc) is 2.87. The van der Waals surface area contributed by atoms with Gasteiger partial charge in [-0.3, -0.25) is 4.79 Å². The van der Waals surface area contributed by atoms with Gasteiger partial charge >= 0.3 is 0 Å². The maximum atomic E-state index is 13.5. The molecule has 5 heteroatoms. The van der Waals surface area contributed by atoms with Crippen LogP contribution in [0.25, 0.3) is 0 Å². The quantitative estimate of drug-likeness (QED) is 0.915. The van der Waals surface area contributed by atoms with Crippen molar-refractivity contribution in [2.24, 2.45) is 0 Å². The van der Waals surface area contributed by atoms with Crippen molar-refractivity contribution < 1.29 is 13.6 Å². The lowest BCUT2D eigenvalue weighted by atomic mass is 10.1. The second kappa shape index (κ2) is 5.25. The number of nitrogens with one attached hydrogen (secondary N) is 1. The SMILES string of the molecule is O=C(Nc1cc(F)ccc1F)C1Cc2ccccc2S1. The van der Waals surface area contributed by atoms with Crippen LogP contribution in [0.4, 0.5) is 14.5 Å². The molecule has 2 aromatic carbocycles. The van der Waals surface area contributed by atoms with E-state index in [1.165, 1.54) is 11.8 Å². The lowest BCUT2D eigenvalue weighted by Crippen LogP contribution is -2.25. The van der Waals surface area contributed by atoms with Crippen molar-refractivity contribution in [2.45, 2.75) is 16.6 Å². The van der Waals surface area contributed by atoms with Gasteiger partial charge in [0.1, 0.15) is 11.6 Å². The first-order valence-electron chi connectivity index (χ1n) is 6.14. The van der Waals surface area contributed by atoms with E-state index in [1.54, 1.807) is 0 Å². The molecule has 0 fully saturated rings. The highest BCUT2D eigenvalue weighted by atomic mass is 32.2. The second-order valence-electron chi connectivity index (χ2n) is 4.53. The molecule has 0 radical (unpaired) electrons. The highest BCUT2D eigenvalue weighted by Crippen LogP contribution is 2.37. The van der Waals surface area contributed by atoms with Crippen molar-refractivity contribution in [1.82, 2.24) is 0 Å². The van der Waals surface area contributed by atoms with Crippen LogP contribution >= 0.6 is 11.8 Å². The minimum absolute atomic E-state index is 0.119. The summed E-state index contributed by atoms with van der Waals surface area (Å²) in [5.41, 5.74) is 0.990. The molecule has 0 saturated carbocycles. The Kier molecular flexibility index (Phi) is 3.44. The highest BCUT2D eigenvalue weighted by molar-refractivity contribution is 8.01. The van der Waals surface area contributed by atoms with Gasteiger partial charge in [0.15, 0.2) is 0 Å². The lowest BCUT2D eigenvalue weighted by molar-refractivity contribution is -0.115. The van der Waals surface area contributed by atoms with Gasteiger partial charge in [-0.1, -0.05) is 18.2 Å². The standard InChI is InChI=1S/C15H11F2NOS/c16-10-5-6-11(17)12(8-10)18-15(19)14-7-9-3-1-2-4-13(9)20-14/h1-6,8,14H,7H2,(H,18,19). The molecule has 0 bridgehead atoms. The number of hydrogen-bond donors (Lipinski definition) is 1. The third kappa shape index (κ3) is 2.54. The number of thioether (sulfide) groups is 1. The molecule has 3 rings (SSSR count). The Morgan fingerprint density at radius 1 is 1.20 bits per heavy atom. The predicted molar refractivity (Wildman–Crippen MR) is 74.8 cm³/mol. The number of fused-ring (bicyclic) bond motifs is 1. The molecule has 1 unspecified atom stereocenters. The van der Waals surface area contributed by atoms with Gasteiger partial charge in [0.05, 0.1) is 10.9 Å². The fraction of sp³-hybridized carbons (Fsp3) is 0.133. The topological polar surface area (TPSA) is 29.1 Å². The molecule has 0 aliphatic carbocycles. The normalized spacial score (nSPS) is 16.8. The van der Waals surface area contributed by atoms with E-state index < -0.39 is 11.6 Å². The zero-order valence-electron chi connectivity index (χ0n) is 10.4. The Hall–Kier alpha value is -1.88. The first-order valence-corrected chi connectivity index (χ1v) is 7.02. The molecule has 1 heterocycles. The number of carbonyl (C=O) groups excluding carboxylic acids is 1. The highest BCUT2D eigenvalue weighted by Gasteiger charge is 2.28. The van der Waals surface area contributed by atoms with Crippen molar-refractivity contribution in [2.75, 3.05) is 5.32 Å². The lowest BCUT2D eigenvalue weighted by Gasteiger charge is -2.10. The molecule has 1 N–H and O–H groups in total. The van der Waals surface area contributed by atoms with E-state index >= 15 is 0 Å². The van der Waals surface area contributed by atoms with Gasteiger partial charge < -0.3 is 5.32 Å². The maximum absolute atomic E-state index is 13.5. The molecule has 0 saturated heterocycles. The first-order chi connectivity index (χ1) is 9.63. The summed E-state index contributed by atoms with van der Waals surface area (Å²) in [5.74, 6) is -1.53. The molecule has 1 aliphatic heterocycles. The van der Waals surface area contributed by atoms with E-state index in [0.717, 1.165) is 28.7 Å². The van der Waals surface area contributed by atoms with Crippen LogP contribution in [0, 0.1) is 11.6 Å². The van der Waals surface area contributed by atoms with Crippen molar-refractivity contribution in [3.05, 3.63) is 59.7 Å². The maximum Gasteiger partial charge on any atom is 0.238 e. The summed E-state index contributed by atoms with van der Waals surface area (Å²) in [5, 5.41) is 2.14. The molecule has 1 atom stereocenters. The predicted octanol–water partition coefficient (Wildman–Crippen LogP) is 3.62. The molecule has 1 amide bonds. The van der Waals surface area contributed by atoms with Gasteiger partial charge in [-0.25, -0.2) is 8.78 Å². The van der Waals surface area contributed by atoms with E-state index in [4.69, 9.17) is 0 Å². The van der Waals surface area contributed by atoms with Crippen LogP contribution in [0.15, 0.2) is 47.4 Å². The van der Waals surface area contributed by atoms with Crippen LogP contribution in [-0.2, 0) is 11.2 Å². The zero-order valence-corrected chi connectivity index (χ0v) is 11.2. The third-order valence-corrected chi connectivity index (χ3v) is 4.44. The van der Waals surface area contributed by atoms with E-state index in [1.807, 2.05) is 24.3 Å². The molecule has 20 heavy (non-hydrogen) atoms. The fourth-order valence-corrected chi connectivity index (χ4v) is 3.33. The van der Waals surface area contributed by atoms with Crippen molar-refractivity contribution in [3.63, 3.8) is 0 Å². The summed E-state index contributed by atoms with van der Waals surface area (Å²) in [4.78, 5) is 13.2. The third-order valence-electron chi connectivity index (χ3n) is 3.13. The zero-order chi connectivity index (χ0) is 14.1. The van der Waals surface area contributed by atoms with Crippen molar-refractivity contribution in [1.29, 1.82) is 0 Å². The smallest absolute Gasteiger partial charge is 0.238 e. The van der Waals surface area contributed by atoms with Crippen LogP contribution in [-0.4, -0.2) is 11.2 Å². The van der Waals surface area contributed by atoms with Crippen LogP contribution < -0.4 is 5.32 Å². The Bertz CT molecular complexity index is 650. The summed E-state index contributed by atoms with van der Waals surface area (Å²) >= 11 is 1.45. The van der Waals surface area contributed by atoms with Gasteiger partial charge in [-0.05, 0) is 30.2 Å². The molecule has 0 aromatic heterocycles. The monoisotopic (exact) mass is 291 g/mol. The van der Waals surface area contributed by atoms with E-state index in [-0.39, 0.29) is 16.8 Å². The average molecular weight is 291 g/mol. The van der Waals surface area contributed by atoms with Crippen LogP contribution in [0.3, 0.4) is 0 Å². The van der Waals surface area contributed by atoms with Gasteiger partial charge in [0.2, 0.25) is 5.91 Å².